The van der Waals surface area contributed by atoms with Gasteiger partial charge < -0.3 is 4.55 Å². The predicted octanol–water partition coefficient (Wildman–Crippen LogP) is 3.05. The average molecular weight is 327 g/mol. The van der Waals surface area contributed by atoms with Crippen molar-refractivity contribution in [2.75, 3.05) is 0 Å². The molecule has 120 valence electrons. The zero-order chi connectivity index (χ0) is 16.9. The summed E-state index contributed by atoms with van der Waals surface area (Å²) < 4.78 is 15.4. The first-order valence-corrected chi connectivity index (χ1v) is 8.58. The van der Waals surface area contributed by atoms with Gasteiger partial charge in [-0.1, -0.05) is 24.3 Å². The summed E-state index contributed by atoms with van der Waals surface area (Å²) in [6.45, 7) is 5.77. The molecular weight excluding hydrogens is 306 g/mol. The Balaban J connectivity index is 2.28. The molecule has 0 bridgehead atoms. The number of hydrogen-bond acceptors (Lipinski definition) is 4. The largest absolute Gasteiger partial charge is 0.598 e. The van der Waals surface area contributed by atoms with Gasteiger partial charge in [-0.3, -0.25) is 4.99 Å². The number of hydrogen-bond donors (Lipinski definition) is 1. The Morgan fingerprint density at radius 3 is 2.52 bits per heavy atom. The van der Waals surface area contributed by atoms with Gasteiger partial charge in [0, 0.05) is 24.0 Å². The van der Waals surface area contributed by atoms with E-state index in [1.165, 1.54) is 0 Å². The third-order valence-electron chi connectivity index (χ3n) is 3.37. The van der Waals surface area contributed by atoms with Crippen LogP contribution in [0.25, 0.3) is 0 Å². The molecule has 1 aliphatic rings. The van der Waals surface area contributed by atoms with E-state index in [1.54, 1.807) is 18.3 Å². The van der Waals surface area contributed by atoms with Gasteiger partial charge in [0.05, 0.1) is 11.6 Å². The molecule has 0 amide bonds. The van der Waals surface area contributed by atoms with Gasteiger partial charge in [-0.15, -0.1) is 4.72 Å². The van der Waals surface area contributed by atoms with E-state index in [0.717, 1.165) is 5.56 Å². The van der Waals surface area contributed by atoms with Gasteiger partial charge >= 0.3 is 0 Å². The summed E-state index contributed by atoms with van der Waals surface area (Å²) in [4.78, 5) is 4.58. The maximum absolute atomic E-state index is 12.6. The van der Waals surface area contributed by atoms with Crippen LogP contribution in [-0.2, 0) is 17.8 Å². The molecule has 2 unspecified atom stereocenters. The first-order chi connectivity index (χ1) is 10.8. The number of aliphatic imine (C=N–C) groups is 1. The molecule has 1 aliphatic heterocycles. The minimum atomic E-state index is -1.26. The standard InChI is InChI=1S/C18H21N3OS/c1-17(2,3)23(22)21-18(11-5-4-6-12-20-18)13-15-7-9-16(14-19)10-8-15/h4-12,21H,13H2,1-3H3. The van der Waals surface area contributed by atoms with E-state index in [0.29, 0.717) is 12.0 Å². The maximum atomic E-state index is 12.6. The molecule has 2 atom stereocenters. The molecule has 0 saturated carbocycles. The molecule has 0 aromatic heterocycles. The van der Waals surface area contributed by atoms with Crippen LogP contribution in [0.4, 0.5) is 0 Å². The van der Waals surface area contributed by atoms with Crippen molar-refractivity contribution in [2.24, 2.45) is 4.99 Å². The molecular formula is C18H21N3OS. The van der Waals surface area contributed by atoms with Gasteiger partial charge in [-0.2, -0.15) is 5.26 Å². The molecule has 0 aliphatic carbocycles. The molecule has 1 N–H and O–H groups in total. The van der Waals surface area contributed by atoms with Crippen molar-refractivity contribution in [1.29, 1.82) is 5.26 Å². The Kier molecular flexibility index (Phi) is 5.42. The molecule has 1 aromatic carbocycles. The Bertz CT molecular complexity index is 647. The van der Waals surface area contributed by atoms with Crippen molar-refractivity contribution in [1.82, 2.24) is 4.72 Å². The maximum Gasteiger partial charge on any atom is 0.174 e. The number of nitrogens with zero attached hydrogens (tertiary/aromatic N) is 2. The third-order valence-corrected chi connectivity index (χ3v) is 5.02. The molecule has 23 heavy (non-hydrogen) atoms. The van der Waals surface area contributed by atoms with E-state index in [-0.39, 0.29) is 4.75 Å². The van der Waals surface area contributed by atoms with Crippen LogP contribution in [0.5, 0.6) is 0 Å². The molecule has 1 aromatic rings. The van der Waals surface area contributed by atoms with E-state index < -0.39 is 17.0 Å². The van der Waals surface area contributed by atoms with E-state index in [9.17, 15) is 4.55 Å². The summed E-state index contributed by atoms with van der Waals surface area (Å²) >= 11 is -1.26. The van der Waals surface area contributed by atoms with Crippen LogP contribution < -0.4 is 4.72 Å². The second kappa shape index (κ2) is 7.14. The Morgan fingerprint density at radius 1 is 1.22 bits per heavy atom. The number of rotatable bonds is 4. The molecule has 0 fully saturated rings. The van der Waals surface area contributed by atoms with E-state index in [4.69, 9.17) is 5.26 Å². The van der Waals surface area contributed by atoms with E-state index >= 15 is 0 Å². The Morgan fingerprint density at radius 2 is 1.91 bits per heavy atom. The predicted molar refractivity (Wildman–Crippen MR) is 95.4 cm³/mol. The minimum Gasteiger partial charge on any atom is -0.598 e. The Labute approximate surface area is 140 Å². The minimum absolute atomic E-state index is 0.388. The van der Waals surface area contributed by atoms with Crippen LogP contribution in [0.15, 0.2) is 53.6 Å². The highest BCUT2D eigenvalue weighted by molar-refractivity contribution is 7.90. The first-order valence-electron chi connectivity index (χ1n) is 7.43. The monoisotopic (exact) mass is 327 g/mol. The summed E-state index contributed by atoms with van der Waals surface area (Å²) in [6, 6.07) is 9.49. The van der Waals surface area contributed by atoms with Gasteiger partial charge in [0.25, 0.3) is 0 Å². The molecule has 5 heteroatoms. The highest BCUT2D eigenvalue weighted by atomic mass is 32.2. The van der Waals surface area contributed by atoms with Gasteiger partial charge in [0.2, 0.25) is 0 Å². The summed E-state index contributed by atoms with van der Waals surface area (Å²) in [5.41, 5.74) is 0.872. The molecule has 4 nitrogen and oxygen atoms in total. The highest BCUT2D eigenvalue weighted by Gasteiger charge is 2.37. The summed E-state index contributed by atoms with van der Waals surface area (Å²) in [5.74, 6) is 0. The Hall–Kier alpha value is -1.87. The molecule has 2 rings (SSSR count). The van der Waals surface area contributed by atoms with Crippen molar-refractivity contribution in [3.8, 4) is 6.07 Å². The second-order valence-corrected chi connectivity index (χ2v) is 8.38. The summed E-state index contributed by atoms with van der Waals surface area (Å²) in [7, 11) is 0. The SMILES string of the molecule is CC(C)(C)[S+]([O-])NC1(Cc2ccc(C#N)cc2)C=CC=CC=N1. The topological polar surface area (TPSA) is 71.2 Å². The number of benzene rings is 1. The van der Waals surface area contributed by atoms with Crippen LogP contribution >= 0.6 is 0 Å². The lowest BCUT2D eigenvalue weighted by Crippen LogP contribution is -2.52. The fourth-order valence-corrected chi connectivity index (χ4v) is 2.89. The van der Waals surface area contributed by atoms with E-state index in [1.807, 2.05) is 57.2 Å². The lowest BCUT2D eigenvalue weighted by atomic mass is 9.99. The van der Waals surface area contributed by atoms with Gasteiger partial charge in [0.15, 0.2) is 5.66 Å². The van der Waals surface area contributed by atoms with Gasteiger partial charge in [-0.25, -0.2) is 0 Å². The molecule has 1 heterocycles. The van der Waals surface area contributed by atoms with Crippen LogP contribution in [-0.4, -0.2) is 21.2 Å². The number of allylic oxidation sites excluding steroid dienone is 3. The van der Waals surface area contributed by atoms with Crippen LogP contribution in [0, 0.1) is 11.3 Å². The fraction of sp³-hybridized carbons (Fsp3) is 0.333. The van der Waals surface area contributed by atoms with Crippen LogP contribution in [0.3, 0.4) is 0 Å². The molecule has 0 spiro atoms. The number of nitrogens with one attached hydrogen (secondary N) is 1. The average Bonchev–Trinajstić information content (AvgIpc) is 2.73. The van der Waals surface area contributed by atoms with E-state index in [2.05, 4.69) is 15.8 Å². The smallest absolute Gasteiger partial charge is 0.174 e. The zero-order valence-corrected chi connectivity index (χ0v) is 14.4. The molecule has 0 saturated heterocycles. The quantitative estimate of drug-likeness (QED) is 0.864. The lowest BCUT2D eigenvalue weighted by molar-refractivity contribution is 0.464. The van der Waals surface area contributed by atoms with Crippen molar-refractivity contribution < 1.29 is 4.55 Å². The van der Waals surface area contributed by atoms with Crippen molar-refractivity contribution in [3.63, 3.8) is 0 Å². The van der Waals surface area contributed by atoms with Crippen molar-refractivity contribution in [2.45, 2.75) is 37.6 Å². The van der Waals surface area contributed by atoms with Crippen molar-refractivity contribution in [3.05, 3.63) is 59.7 Å². The van der Waals surface area contributed by atoms with Gasteiger partial charge in [-0.05, 0) is 50.6 Å². The van der Waals surface area contributed by atoms with Crippen LogP contribution in [0.1, 0.15) is 31.9 Å². The number of nitriles is 1. The fourth-order valence-electron chi connectivity index (χ4n) is 2.07. The molecule has 0 radical (unpaired) electrons. The summed E-state index contributed by atoms with van der Waals surface area (Å²) in [5, 5.41) is 8.90. The van der Waals surface area contributed by atoms with Gasteiger partial charge in [0.1, 0.15) is 4.75 Å². The summed E-state index contributed by atoms with van der Waals surface area (Å²) in [6.07, 6.45) is 9.84. The lowest BCUT2D eigenvalue weighted by Gasteiger charge is -2.32. The first kappa shape index (κ1) is 17.5. The normalized spacial score (nSPS) is 21.7. The second-order valence-electron chi connectivity index (χ2n) is 6.42. The van der Waals surface area contributed by atoms with Crippen LogP contribution in [0.2, 0.25) is 0 Å². The third kappa shape index (κ3) is 4.80. The highest BCUT2D eigenvalue weighted by Crippen LogP contribution is 2.24. The zero-order valence-electron chi connectivity index (χ0n) is 13.6. The van der Waals surface area contributed by atoms with Crippen molar-refractivity contribution >= 4 is 17.6 Å².